The van der Waals surface area contributed by atoms with Gasteiger partial charge in [0.2, 0.25) is 0 Å². The number of nitrogens with zero attached hydrogens (tertiary/aromatic N) is 1. The topological polar surface area (TPSA) is 35.5 Å². The smallest absolute Gasteiger partial charge is 0.138 e. The molecule has 0 spiro atoms. The molecule has 0 amide bonds. The van der Waals surface area contributed by atoms with E-state index in [-0.39, 0.29) is 0 Å². The molecule has 2 unspecified atom stereocenters. The van der Waals surface area contributed by atoms with Gasteiger partial charge in [-0.3, -0.25) is 0 Å². The second-order valence-corrected chi connectivity index (χ2v) is 5.88. The molecule has 3 nitrogen and oxygen atoms in total. The van der Waals surface area contributed by atoms with Crippen LogP contribution in [-0.4, -0.2) is 35.2 Å². The highest BCUT2D eigenvalue weighted by atomic mass is 16.3. The molecule has 2 aliphatic heterocycles. The molecule has 2 N–H and O–H groups in total. The Labute approximate surface area is 109 Å². The number of aryl methyl sites for hydroxylation is 1. The zero-order chi connectivity index (χ0) is 12.7. The van der Waals surface area contributed by atoms with Crippen LogP contribution in [0.15, 0.2) is 18.2 Å². The number of rotatable bonds is 2. The highest BCUT2D eigenvalue weighted by Crippen LogP contribution is 2.36. The number of hydrogen-bond donors (Lipinski definition) is 2. The monoisotopic (exact) mass is 246 g/mol. The summed E-state index contributed by atoms with van der Waals surface area (Å²) in [4.78, 5) is 2.53. The molecule has 3 rings (SSSR count). The first kappa shape index (κ1) is 11.8. The van der Waals surface area contributed by atoms with Crippen molar-refractivity contribution in [3.05, 3.63) is 23.8 Å². The average Bonchev–Trinajstić information content (AvgIpc) is 2.57. The summed E-state index contributed by atoms with van der Waals surface area (Å²) in [6, 6.07) is 7.83. The SMILES string of the molecule is Cc1ccc(NC2CC3CCC(C2)N3C)c(O)c1. The van der Waals surface area contributed by atoms with Gasteiger partial charge in [0.05, 0.1) is 5.69 Å². The van der Waals surface area contributed by atoms with Crippen LogP contribution in [0.1, 0.15) is 31.2 Å². The van der Waals surface area contributed by atoms with Crippen molar-refractivity contribution in [1.82, 2.24) is 4.90 Å². The third-order valence-corrected chi connectivity index (χ3v) is 4.61. The number of phenolic OH excluding ortho intramolecular Hbond substituents is 1. The Kier molecular flexibility index (Phi) is 2.94. The largest absolute Gasteiger partial charge is 0.506 e. The normalized spacial score (nSPS) is 31.6. The van der Waals surface area contributed by atoms with E-state index in [1.807, 2.05) is 25.1 Å². The van der Waals surface area contributed by atoms with Crippen LogP contribution < -0.4 is 5.32 Å². The predicted octanol–water partition coefficient (Wildman–Crippen LogP) is 2.74. The Hall–Kier alpha value is -1.22. The van der Waals surface area contributed by atoms with E-state index in [2.05, 4.69) is 17.3 Å². The van der Waals surface area contributed by atoms with Crippen LogP contribution in [0.5, 0.6) is 5.75 Å². The van der Waals surface area contributed by atoms with Crippen LogP contribution in [0.3, 0.4) is 0 Å². The van der Waals surface area contributed by atoms with Crippen LogP contribution in [0, 0.1) is 6.92 Å². The number of hydrogen-bond acceptors (Lipinski definition) is 3. The van der Waals surface area contributed by atoms with E-state index in [0.717, 1.165) is 23.3 Å². The van der Waals surface area contributed by atoms with Crippen molar-refractivity contribution in [2.75, 3.05) is 12.4 Å². The summed E-state index contributed by atoms with van der Waals surface area (Å²) in [5.74, 6) is 0.376. The number of aromatic hydroxyl groups is 1. The summed E-state index contributed by atoms with van der Waals surface area (Å²) >= 11 is 0. The molecule has 2 heterocycles. The Morgan fingerprint density at radius 1 is 1.22 bits per heavy atom. The fourth-order valence-electron chi connectivity index (χ4n) is 3.51. The highest BCUT2D eigenvalue weighted by Gasteiger charge is 2.38. The van der Waals surface area contributed by atoms with Gasteiger partial charge in [-0.1, -0.05) is 6.07 Å². The van der Waals surface area contributed by atoms with Crippen molar-refractivity contribution in [1.29, 1.82) is 0 Å². The van der Waals surface area contributed by atoms with Crippen molar-refractivity contribution in [3.8, 4) is 5.75 Å². The Morgan fingerprint density at radius 2 is 1.89 bits per heavy atom. The first-order valence-corrected chi connectivity index (χ1v) is 6.91. The van der Waals surface area contributed by atoms with E-state index in [0.29, 0.717) is 11.8 Å². The van der Waals surface area contributed by atoms with Crippen molar-refractivity contribution in [2.24, 2.45) is 0 Å². The molecule has 98 valence electrons. The van der Waals surface area contributed by atoms with Gasteiger partial charge in [0.15, 0.2) is 0 Å². The molecule has 18 heavy (non-hydrogen) atoms. The van der Waals surface area contributed by atoms with E-state index >= 15 is 0 Å². The lowest BCUT2D eigenvalue weighted by atomic mass is 9.97. The van der Waals surface area contributed by atoms with Gasteiger partial charge >= 0.3 is 0 Å². The second kappa shape index (κ2) is 4.47. The van der Waals surface area contributed by atoms with Gasteiger partial charge in [0.25, 0.3) is 0 Å². The minimum Gasteiger partial charge on any atom is -0.506 e. The summed E-state index contributed by atoms with van der Waals surface area (Å²) < 4.78 is 0. The lowest BCUT2D eigenvalue weighted by Gasteiger charge is -2.37. The van der Waals surface area contributed by atoms with Crippen molar-refractivity contribution in [2.45, 2.75) is 50.7 Å². The maximum Gasteiger partial charge on any atom is 0.138 e. The standard InChI is InChI=1S/C15H22N2O/c1-10-3-6-14(15(18)7-10)16-11-8-12-4-5-13(9-11)17(12)2/h3,6-7,11-13,16,18H,4-5,8-9H2,1-2H3. The lowest BCUT2D eigenvalue weighted by molar-refractivity contribution is 0.169. The van der Waals surface area contributed by atoms with Gasteiger partial charge in [0, 0.05) is 18.1 Å². The molecule has 2 atom stereocenters. The number of anilines is 1. The number of phenols is 1. The quantitative estimate of drug-likeness (QED) is 0.788. The maximum absolute atomic E-state index is 9.95. The molecular weight excluding hydrogens is 224 g/mol. The molecule has 2 fully saturated rings. The number of nitrogens with one attached hydrogen (secondary N) is 1. The van der Waals surface area contributed by atoms with Crippen LogP contribution in [0.4, 0.5) is 5.69 Å². The van der Waals surface area contributed by atoms with Gasteiger partial charge in [-0.15, -0.1) is 0 Å². The molecule has 3 heteroatoms. The lowest BCUT2D eigenvalue weighted by Crippen LogP contribution is -2.44. The van der Waals surface area contributed by atoms with Gasteiger partial charge in [0.1, 0.15) is 5.75 Å². The fourth-order valence-corrected chi connectivity index (χ4v) is 3.51. The summed E-state index contributed by atoms with van der Waals surface area (Å²) in [5.41, 5.74) is 1.98. The number of benzene rings is 1. The summed E-state index contributed by atoms with van der Waals surface area (Å²) in [6.45, 7) is 2.00. The average molecular weight is 246 g/mol. The molecule has 1 aromatic carbocycles. The van der Waals surface area contributed by atoms with Crippen molar-refractivity contribution >= 4 is 5.69 Å². The summed E-state index contributed by atoms with van der Waals surface area (Å²) in [7, 11) is 2.25. The Morgan fingerprint density at radius 3 is 2.50 bits per heavy atom. The molecule has 2 bridgehead atoms. The zero-order valence-corrected chi connectivity index (χ0v) is 11.2. The fraction of sp³-hybridized carbons (Fsp3) is 0.600. The summed E-state index contributed by atoms with van der Waals surface area (Å²) in [6.07, 6.45) is 5.05. The minimum absolute atomic E-state index is 0.376. The molecule has 0 radical (unpaired) electrons. The number of piperidine rings is 1. The molecule has 0 aliphatic carbocycles. The molecule has 2 aliphatic rings. The highest BCUT2D eigenvalue weighted by molar-refractivity contribution is 5.57. The molecule has 2 saturated heterocycles. The van der Waals surface area contributed by atoms with Crippen LogP contribution in [0.2, 0.25) is 0 Å². The third kappa shape index (κ3) is 2.07. The third-order valence-electron chi connectivity index (χ3n) is 4.61. The van der Waals surface area contributed by atoms with E-state index in [9.17, 15) is 5.11 Å². The predicted molar refractivity (Wildman–Crippen MR) is 74.1 cm³/mol. The van der Waals surface area contributed by atoms with Crippen LogP contribution in [-0.2, 0) is 0 Å². The maximum atomic E-state index is 9.95. The molecule has 1 aromatic rings. The van der Waals surface area contributed by atoms with Gasteiger partial charge in [-0.25, -0.2) is 0 Å². The first-order valence-electron chi connectivity index (χ1n) is 6.91. The Balaban J connectivity index is 1.70. The van der Waals surface area contributed by atoms with Crippen molar-refractivity contribution in [3.63, 3.8) is 0 Å². The Bertz CT molecular complexity index is 432. The molecule has 0 saturated carbocycles. The van der Waals surface area contributed by atoms with Gasteiger partial charge < -0.3 is 15.3 Å². The number of fused-ring (bicyclic) bond motifs is 2. The molecular formula is C15H22N2O. The van der Waals surface area contributed by atoms with Crippen molar-refractivity contribution < 1.29 is 5.11 Å². The second-order valence-electron chi connectivity index (χ2n) is 5.88. The van der Waals surface area contributed by atoms with E-state index < -0.39 is 0 Å². The van der Waals surface area contributed by atoms with Gasteiger partial charge in [-0.05, 0) is 57.4 Å². The molecule has 0 aromatic heterocycles. The van der Waals surface area contributed by atoms with E-state index in [1.54, 1.807) is 0 Å². The zero-order valence-electron chi connectivity index (χ0n) is 11.2. The van der Waals surface area contributed by atoms with Crippen LogP contribution in [0.25, 0.3) is 0 Å². The van der Waals surface area contributed by atoms with Crippen LogP contribution >= 0.6 is 0 Å². The van der Waals surface area contributed by atoms with Gasteiger partial charge in [-0.2, -0.15) is 0 Å². The van der Waals surface area contributed by atoms with E-state index in [1.165, 1.54) is 25.7 Å². The first-order chi connectivity index (χ1) is 8.63. The van der Waals surface area contributed by atoms with E-state index in [4.69, 9.17) is 0 Å². The minimum atomic E-state index is 0.376. The summed E-state index contributed by atoms with van der Waals surface area (Å²) in [5, 5.41) is 13.5.